The Hall–Kier alpha value is -1.73. The second-order valence-corrected chi connectivity index (χ2v) is 4.86. The molecule has 1 amide bonds. The predicted molar refractivity (Wildman–Crippen MR) is 84.3 cm³/mol. The van der Waals surface area contributed by atoms with Crippen molar-refractivity contribution in [3.63, 3.8) is 0 Å². The highest BCUT2D eigenvalue weighted by Crippen LogP contribution is 2.13. The topological polar surface area (TPSA) is 67.4 Å². The highest BCUT2D eigenvalue weighted by atomic mass is 79.9. The largest absolute Gasteiger partial charge is 0.463 e. The zero-order valence-corrected chi connectivity index (χ0v) is 13.1. The Kier molecular flexibility index (Phi) is 6.89. The van der Waals surface area contributed by atoms with Crippen molar-refractivity contribution in [3.8, 4) is 0 Å². The van der Waals surface area contributed by atoms with Crippen LogP contribution in [0.1, 0.15) is 6.92 Å². The molecule has 1 rings (SSSR count). The zero-order valence-electron chi connectivity index (χ0n) is 10.7. The Balaban J connectivity index is 2.44. The van der Waals surface area contributed by atoms with E-state index in [-0.39, 0.29) is 11.7 Å². The van der Waals surface area contributed by atoms with E-state index in [2.05, 4.69) is 31.3 Å². The molecule has 106 valence electrons. The predicted octanol–water partition coefficient (Wildman–Crippen LogP) is 2.38. The van der Waals surface area contributed by atoms with E-state index in [0.29, 0.717) is 0 Å². The van der Waals surface area contributed by atoms with Gasteiger partial charge in [-0.2, -0.15) is 0 Å². The maximum Gasteiger partial charge on any atom is 0.330 e. The summed E-state index contributed by atoms with van der Waals surface area (Å²) in [6.45, 7) is 1.94. The van der Waals surface area contributed by atoms with Crippen LogP contribution < -0.4 is 10.6 Å². The van der Waals surface area contributed by atoms with Crippen molar-refractivity contribution in [1.82, 2.24) is 5.32 Å². The van der Waals surface area contributed by atoms with Gasteiger partial charge in [0, 0.05) is 22.3 Å². The second kappa shape index (κ2) is 8.44. The van der Waals surface area contributed by atoms with Crippen LogP contribution in [0.5, 0.6) is 0 Å². The summed E-state index contributed by atoms with van der Waals surface area (Å²) in [4.78, 5) is 22.5. The van der Waals surface area contributed by atoms with Gasteiger partial charge < -0.3 is 10.1 Å². The van der Waals surface area contributed by atoms with Gasteiger partial charge in [0.15, 0.2) is 5.11 Å². The molecule has 20 heavy (non-hydrogen) atoms. The SMILES string of the molecule is CCOC(=O)/C=C/C(=O)NC(=S)Nc1ccc(Br)cc1. The minimum Gasteiger partial charge on any atom is -0.463 e. The number of nitrogens with one attached hydrogen (secondary N) is 2. The molecule has 0 radical (unpaired) electrons. The van der Waals surface area contributed by atoms with Gasteiger partial charge in [-0.15, -0.1) is 0 Å². The van der Waals surface area contributed by atoms with Crippen LogP contribution >= 0.6 is 28.1 Å². The summed E-state index contributed by atoms with van der Waals surface area (Å²) < 4.78 is 5.59. The molecule has 0 unspecified atom stereocenters. The third kappa shape index (κ3) is 6.44. The monoisotopic (exact) mass is 356 g/mol. The van der Waals surface area contributed by atoms with E-state index < -0.39 is 11.9 Å². The molecule has 1 aromatic carbocycles. The summed E-state index contributed by atoms with van der Waals surface area (Å²) >= 11 is 8.29. The number of amides is 1. The van der Waals surface area contributed by atoms with Crippen LogP contribution in [-0.4, -0.2) is 23.6 Å². The maximum atomic E-state index is 11.5. The molecule has 0 aliphatic rings. The lowest BCUT2D eigenvalue weighted by Gasteiger charge is -2.07. The first-order valence-corrected chi connectivity index (χ1v) is 6.93. The lowest BCUT2D eigenvalue weighted by Crippen LogP contribution is -2.32. The van der Waals surface area contributed by atoms with Crippen LogP contribution in [0.4, 0.5) is 5.69 Å². The molecule has 0 aliphatic heterocycles. The lowest BCUT2D eigenvalue weighted by molar-refractivity contribution is -0.137. The fraction of sp³-hybridized carbons (Fsp3) is 0.154. The Labute approximate surface area is 130 Å². The summed E-state index contributed by atoms with van der Waals surface area (Å²) in [6.07, 6.45) is 2.11. The molecule has 1 aromatic rings. The Morgan fingerprint density at radius 1 is 1.30 bits per heavy atom. The molecule has 0 bridgehead atoms. The molecule has 0 saturated carbocycles. The molecule has 0 aliphatic carbocycles. The molecular weight excluding hydrogens is 344 g/mol. The number of rotatable bonds is 4. The van der Waals surface area contributed by atoms with Crippen LogP contribution in [0.25, 0.3) is 0 Å². The number of halogens is 1. The van der Waals surface area contributed by atoms with E-state index >= 15 is 0 Å². The van der Waals surface area contributed by atoms with Crippen molar-refractivity contribution in [2.24, 2.45) is 0 Å². The number of hydrogen-bond donors (Lipinski definition) is 2. The van der Waals surface area contributed by atoms with Crippen LogP contribution in [0.15, 0.2) is 40.9 Å². The average Bonchev–Trinajstić information content (AvgIpc) is 2.39. The number of anilines is 1. The van der Waals surface area contributed by atoms with Gasteiger partial charge in [0.05, 0.1) is 6.61 Å². The molecule has 5 nitrogen and oxygen atoms in total. The van der Waals surface area contributed by atoms with E-state index in [1.165, 1.54) is 0 Å². The summed E-state index contributed by atoms with van der Waals surface area (Å²) in [7, 11) is 0. The molecule has 7 heteroatoms. The van der Waals surface area contributed by atoms with E-state index in [1.54, 1.807) is 19.1 Å². The Bertz CT molecular complexity index is 529. The van der Waals surface area contributed by atoms with E-state index in [0.717, 1.165) is 22.3 Å². The average molecular weight is 357 g/mol. The van der Waals surface area contributed by atoms with Crippen LogP contribution in [0, 0.1) is 0 Å². The third-order valence-corrected chi connectivity index (χ3v) is 2.73. The van der Waals surface area contributed by atoms with Gasteiger partial charge in [-0.3, -0.25) is 10.1 Å². The number of benzene rings is 1. The number of carbonyl (C=O) groups excluding carboxylic acids is 2. The van der Waals surface area contributed by atoms with Crippen molar-refractivity contribution in [2.75, 3.05) is 11.9 Å². The zero-order chi connectivity index (χ0) is 15.0. The molecule has 0 atom stereocenters. The van der Waals surface area contributed by atoms with Crippen molar-refractivity contribution in [3.05, 3.63) is 40.9 Å². The number of esters is 1. The third-order valence-electron chi connectivity index (χ3n) is 2.00. The van der Waals surface area contributed by atoms with Crippen molar-refractivity contribution >= 4 is 50.8 Å². The van der Waals surface area contributed by atoms with Crippen molar-refractivity contribution in [2.45, 2.75) is 6.92 Å². The van der Waals surface area contributed by atoms with Gasteiger partial charge in [0.25, 0.3) is 0 Å². The molecule has 0 aromatic heterocycles. The van der Waals surface area contributed by atoms with Gasteiger partial charge in [0.1, 0.15) is 0 Å². The lowest BCUT2D eigenvalue weighted by atomic mass is 10.3. The first kappa shape index (κ1) is 16.3. The molecule has 2 N–H and O–H groups in total. The first-order valence-electron chi connectivity index (χ1n) is 5.73. The van der Waals surface area contributed by atoms with Crippen molar-refractivity contribution in [1.29, 1.82) is 0 Å². The smallest absolute Gasteiger partial charge is 0.330 e. The van der Waals surface area contributed by atoms with Crippen LogP contribution in [-0.2, 0) is 14.3 Å². The highest BCUT2D eigenvalue weighted by Gasteiger charge is 2.03. The van der Waals surface area contributed by atoms with E-state index in [1.807, 2.05) is 12.1 Å². The fourth-order valence-electron chi connectivity index (χ4n) is 1.18. The summed E-state index contributed by atoms with van der Waals surface area (Å²) in [6, 6.07) is 7.29. The quantitative estimate of drug-likeness (QED) is 0.492. The summed E-state index contributed by atoms with van der Waals surface area (Å²) in [5, 5.41) is 5.40. The fourth-order valence-corrected chi connectivity index (χ4v) is 1.67. The van der Waals surface area contributed by atoms with E-state index in [9.17, 15) is 9.59 Å². The number of thiocarbonyl (C=S) groups is 1. The molecular formula is C13H13BrN2O3S. The van der Waals surface area contributed by atoms with Gasteiger partial charge in [-0.05, 0) is 43.4 Å². The standard InChI is InChI=1S/C13H13BrN2O3S/c1-2-19-12(18)8-7-11(17)16-13(20)15-10-5-3-9(14)4-6-10/h3-8H,2H2,1H3,(H2,15,16,17,20)/b8-7+. The summed E-state index contributed by atoms with van der Waals surface area (Å²) in [5.74, 6) is -1.08. The number of hydrogen-bond acceptors (Lipinski definition) is 4. The minimum atomic E-state index is -0.575. The normalized spacial score (nSPS) is 10.1. The highest BCUT2D eigenvalue weighted by molar-refractivity contribution is 9.10. The molecule has 0 saturated heterocycles. The van der Waals surface area contributed by atoms with E-state index in [4.69, 9.17) is 12.2 Å². The second-order valence-electron chi connectivity index (χ2n) is 3.54. The molecule has 0 heterocycles. The van der Waals surface area contributed by atoms with Crippen molar-refractivity contribution < 1.29 is 14.3 Å². The van der Waals surface area contributed by atoms with Gasteiger partial charge in [-0.1, -0.05) is 15.9 Å². The summed E-state index contributed by atoms with van der Waals surface area (Å²) in [5.41, 5.74) is 0.743. The minimum absolute atomic E-state index is 0.144. The number of carbonyl (C=O) groups is 2. The van der Waals surface area contributed by atoms with Crippen LogP contribution in [0.2, 0.25) is 0 Å². The van der Waals surface area contributed by atoms with Gasteiger partial charge in [-0.25, -0.2) is 4.79 Å². The first-order chi connectivity index (χ1) is 9.51. The molecule has 0 fully saturated rings. The molecule has 0 spiro atoms. The number of ether oxygens (including phenoxy) is 1. The maximum absolute atomic E-state index is 11.5. The van der Waals surface area contributed by atoms with Gasteiger partial charge in [0.2, 0.25) is 5.91 Å². The Morgan fingerprint density at radius 2 is 1.95 bits per heavy atom. The van der Waals surface area contributed by atoms with Gasteiger partial charge >= 0.3 is 5.97 Å². The van der Waals surface area contributed by atoms with Crippen LogP contribution in [0.3, 0.4) is 0 Å². The Morgan fingerprint density at radius 3 is 2.55 bits per heavy atom.